The molecule has 29 heavy (non-hydrogen) atoms. The smallest absolute Gasteiger partial charge is 0.288 e. The molecule has 1 unspecified atom stereocenters. The maximum atomic E-state index is 13.5. The Bertz CT molecular complexity index is 1170. The average Bonchev–Trinajstić information content (AvgIpc) is 3.20. The van der Waals surface area contributed by atoms with E-state index in [0.29, 0.717) is 34.0 Å². The Kier molecular flexibility index (Phi) is 4.22. The second-order valence-corrected chi connectivity index (χ2v) is 8.90. The summed E-state index contributed by atoms with van der Waals surface area (Å²) in [7, 11) is 0. The third kappa shape index (κ3) is 2.63. The molecular weight excluding hydrogens is 456 g/mol. The Hall–Kier alpha value is -2.71. The number of nitro groups is 1. The summed E-state index contributed by atoms with van der Waals surface area (Å²) in [6, 6.07) is 13.8. The molecule has 2 aliphatic heterocycles. The summed E-state index contributed by atoms with van der Waals surface area (Å²) in [5, 5.41) is 12.6. The normalized spacial score (nSPS) is 20.6. The van der Waals surface area contributed by atoms with Crippen molar-refractivity contribution in [3.05, 3.63) is 102 Å². The largest absolute Gasteiger partial charge is 0.326 e. The molecule has 0 amide bonds. The molecule has 0 N–H and O–H groups in total. The van der Waals surface area contributed by atoms with Gasteiger partial charge in [-0.3, -0.25) is 19.7 Å². The van der Waals surface area contributed by atoms with Gasteiger partial charge in [-0.25, -0.2) is 0 Å². The van der Waals surface area contributed by atoms with Gasteiger partial charge >= 0.3 is 0 Å². The Balaban J connectivity index is 1.82. The van der Waals surface area contributed by atoms with Crippen molar-refractivity contribution in [2.24, 2.45) is 0 Å². The summed E-state index contributed by atoms with van der Waals surface area (Å²) in [6.45, 7) is 0.463. The van der Waals surface area contributed by atoms with Crippen LogP contribution in [0.15, 0.2) is 75.0 Å². The Morgan fingerprint density at radius 1 is 1.03 bits per heavy atom. The van der Waals surface area contributed by atoms with Gasteiger partial charge in [-0.2, -0.15) is 0 Å². The van der Waals surface area contributed by atoms with Gasteiger partial charge in [0.25, 0.3) is 5.70 Å². The Morgan fingerprint density at radius 3 is 2.34 bits per heavy atom. The van der Waals surface area contributed by atoms with E-state index in [4.69, 9.17) is 0 Å². The van der Waals surface area contributed by atoms with Crippen molar-refractivity contribution in [3.63, 3.8) is 0 Å². The predicted octanol–water partition coefficient (Wildman–Crippen LogP) is 4.37. The third-order valence-corrected chi connectivity index (χ3v) is 7.00. The monoisotopic (exact) mass is 468 g/mol. The second kappa shape index (κ2) is 6.67. The predicted molar refractivity (Wildman–Crippen MR) is 112 cm³/mol. The number of nitrogens with zero attached hydrogens (tertiary/aromatic N) is 2. The SMILES string of the molecule is O=C1C2=C(C(=O)c3ccccc31)N1CCSC1=C([N+](=O)[O-])C2c1ccc(Br)cc1. The number of benzene rings is 2. The maximum Gasteiger partial charge on any atom is 0.288 e. The van der Waals surface area contributed by atoms with Crippen LogP contribution in [-0.4, -0.2) is 33.7 Å². The zero-order chi connectivity index (χ0) is 20.3. The van der Waals surface area contributed by atoms with Gasteiger partial charge in [-0.15, -0.1) is 0 Å². The van der Waals surface area contributed by atoms with Crippen LogP contribution in [0.5, 0.6) is 0 Å². The van der Waals surface area contributed by atoms with Gasteiger partial charge in [-0.1, -0.05) is 64.1 Å². The molecule has 3 aliphatic rings. The first kappa shape index (κ1) is 18.3. The molecule has 2 heterocycles. The van der Waals surface area contributed by atoms with E-state index in [9.17, 15) is 19.7 Å². The fourth-order valence-electron chi connectivity index (χ4n) is 4.18. The van der Waals surface area contributed by atoms with E-state index in [1.54, 1.807) is 53.4 Å². The highest BCUT2D eigenvalue weighted by Gasteiger charge is 2.51. The van der Waals surface area contributed by atoms with E-state index in [1.165, 1.54) is 11.8 Å². The van der Waals surface area contributed by atoms with Crippen LogP contribution < -0.4 is 0 Å². The number of Topliss-reactive ketones (excluding diaryl/α,β-unsaturated/α-hetero) is 2. The van der Waals surface area contributed by atoms with Crippen molar-refractivity contribution in [3.8, 4) is 0 Å². The molecule has 1 saturated heterocycles. The van der Waals surface area contributed by atoms with Crippen LogP contribution in [0.25, 0.3) is 0 Å². The molecule has 0 bridgehead atoms. The summed E-state index contributed by atoms with van der Waals surface area (Å²) in [4.78, 5) is 40.3. The maximum absolute atomic E-state index is 13.5. The minimum absolute atomic E-state index is 0.0332. The lowest BCUT2D eigenvalue weighted by Crippen LogP contribution is -2.39. The minimum Gasteiger partial charge on any atom is -0.326 e. The van der Waals surface area contributed by atoms with Crippen LogP contribution in [0.3, 0.4) is 0 Å². The number of ketones is 2. The highest BCUT2D eigenvalue weighted by Crippen LogP contribution is 2.50. The molecule has 5 rings (SSSR count). The van der Waals surface area contributed by atoms with Gasteiger partial charge in [-0.05, 0) is 17.7 Å². The Morgan fingerprint density at radius 2 is 1.69 bits per heavy atom. The number of carbonyl (C=O) groups excluding carboxylic acids is 2. The van der Waals surface area contributed by atoms with E-state index in [2.05, 4.69) is 15.9 Å². The van der Waals surface area contributed by atoms with Gasteiger partial charge in [0.05, 0.1) is 10.6 Å². The topological polar surface area (TPSA) is 80.5 Å². The molecule has 0 radical (unpaired) electrons. The van der Waals surface area contributed by atoms with Crippen molar-refractivity contribution in [1.29, 1.82) is 0 Å². The molecular formula is C21H13BrN2O4S. The zero-order valence-corrected chi connectivity index (χ0v) is 17.3. The number of thioether (sulfide) groups is 1. The van der Waals surface area contributed by atoms with Crippen molar-refractivity contribution in [2.45, 2.75) is 5.92 Å². The first-order valence-corrected chi connectivity index (χ1v) is 10.7. The van der Waals surface area contributed by atoms with Gasteiger partial charge < -0.3 is 4.90 Å². The molecule has 2 aromatic carbocycles. The summed E-state index contributed by atoms with van der Waals surface area (Å²) >= 11 is 4.74. The Labute approximate surface area is 178 Å². The standard InChI is InChI=1S/C21H13BrN2O4S/c22-12-7-5-11(6-8-12)15-16-17(23-9-10-29-21(23)18(15)24(27)28)20(26)14-4-2-1-3-13(14)19(16)25/h1-8,15H,9-10H2. The summed E-state index contributed by atoms with van der Waals surface area (Å²) in [6.07, 6.45) is 0. The number of fused-ring (bicyclic) bond motifs is 3. The first-order chi connectivity index (χ1) is 14.0. The molecule has 0 saturated carbocycles. The van der Waals surface area contributed by atoms with Gasteiger partial charge in [0.15, 0.2) is 10.8 Å². The summed E-state index contributed by atoms with van der Waals surface area (Å²) in [5.41, 5.74) is 1.73. The van der Waals surface area contributed by atoms with Crippen LogP contribution in [0.4, 0.5) is 0 Å². The van der Waals surface area contributed by atoms with Crippen molar-refractivity contribution >= 4 is 39.3 Å². The minimum atomic E-state index is -0.894. The third-order valence-electron chi connectivity index (χ3n) is 5.38. The number of carbonyl (C=O) groups is 2. The van der Waals surface area contributed by atoms with E-state index < -0.39 is 10.8 Å². The molecule has 6 nitrogen and oxygen atoms in total. The highest BCUT2D eigenvalue weighted by atomic mass is 79.9. The molecule has 0 aromatic heterocycles. The molecule has 1 aliphatic carbocycles. The summed E-state index contributed by atoms with van der Waals surface area (Å²) < 4.78 is 0.829. The van der Waals surface area contributed by atoms with E-state index >= 15 is 0 Å². The van der Waals surface area contributed by atoms with Crippen LogP contribution in [-0.2, 0) is 0 Å². The number of halogens is 1. The molecule has 0 spiro atoms. The molecule has 8 heteroatoms. The number of rotatable bonds is 2. The van der Waals surface area contributed by atoms with Crippen molar-refractivity contribution < 1.29 is 14.5 Å². The molecule has 2 aromatic rings. The highest BCUT2D eigenvalue weighted by molar-refractivity contribution is 9.10. The molecule has 1 atom stereocenters. The summed E-state index contributed by atoms with van der Waals surface area (Å²) in [5.74, 6) is -0.840. The van der Waals surface area contributed by atoms with Crippen molar-refractivity contribution in [1.82, 2.24) is 4.90 Å². The molecule has 1 fully saturated rings. The molecule has 144 valence electrons. The van der Waals surface area contributed by atoms with E-state index in [1.807, 2.05) is 0 Å². The quantitative estimate of drug-likeness (QED) is 0.480. The lowest BCUT2D eigenvalue weighted by molar-refractivity contribution is -0.430. The number of hydrogen-bond acceptors (Lipinski definition) is 6. The van der Waals surface area contributed by atoms with E-state index in [0.717, 1.165) is 4.47 Å². The number of hydrogen-bond donors (Lipinski definition) is 0. The van der Waals surface area contributed by atoms with Crippen LogP contribution in [0.2, 0.25) is 0 Å². The first-order valence-electron chi connectivity index (χ1n) is 8.96. The zero-order valence-electron chi connectivity index (χ0n) is 14.9. The van der Waals surface area contributed by atoms with Gasteiger partial charge in [0, 0.05) is 33.5 Å². The lowest BCUT2D eigenvalue weighted by atomic mass is 9.75. The average molecular weight is 469 g/mol. The van der Waals surface area contributed by atoms with E-state index in [-0.39, 0.29) is 28.5 Å². The fraction of sp³-hybridized carbons (Fsp3) is 0.143. The van der Waals surface area contributed by atoms with Crippen LogP contribution in [0, 0.1) is 10.1 Å². The van der Waals surface area contributed by atoms with Crippen molar-refractivity contribution in [2.75, 3.05) is 12.3 Å². The lowest BCUT2D eigenvalue weighted by Gasteiger charge is -2.35. The van der Waals surface area contributed by atoms with Crippen LogP contribution >= 0.6 is 27.7 Å². The fourth-order valence-corrected chi connectivity index (χ4v) is 5.59. The number of allylic oxidation sites excluding steroid dienone is 2. The van der Waals surface area contributed by atoms with Gasteiger partial charge in [0.1, 0.15) is 5.92 Å². The van der Waals surface area contributed by atoms with Crippen LogP contribution in [0.1, 0.15) is 32.2 Å². The van der Waals surface area contributed by atoms with Gasteiger partial charge in [0.2, 0.25) is 5.78 Å². The second-order valence-electron chi connectivity index (χ2n) is 6.90.